The van der Waals surface area contributed by atoms with Gasteiger partial charge < -0.3 is 24.6 Å². The van der Waals surface area contributed by atoms with E-state index in [0.29, 0.717) is 61.9 Å². The number of likely N-dealkylation sites (tertiary alicyclic amines) is 1. The monoisotopic (exact) mass is 535 g/mol. The normalized spacial score (nSPS) is 24.3. The molecule has 2 bridgehead atoms. The molecule has 8 nitrogen and oxygen atoms in total. The number of rotatable bonds is 3. The first-order valence-corrected chi connectivity index (χ1v) is 12.9. The topological polar surface area (TPSA) is 70.2 Å². The predicted molar refractivity (Wildman–Crippen MR) is 132 cm³/mol. The average molecular weight is 536 g/mol. The summed E-state index contributed by atoms with van der Waals surface area (Å²) >= 11 is 0. The van der Waals surface area contributed by atoms with E-state index in [1.165, 1.54) is 11.0 Å². The van der Waals surface area contributed by atoms with Gasteiger partial charge in [0, 0.05) is 30.3 Å². The van der Waals surface area contributed by atoms with Crippen LogP contribution in [0.5, 0.6) is 0 Å². The van der Waals surface area contributed by atoms with Gasteiger partial charge in [0.25, 0.3) is 0 Å². The maximum Gasteiger partial charge on any atom is 0.401 e. The lowest BCUT2D eigenvalue weighted by Gasteiger charge is -2.42. The Morgan fingerprint density at radius 3 is 2.55 bits per heavy atom. The van der Waals surface area contributed by atoms with Crippen LogP contribution in [0.15, 0.2) is 30.5 Å². The molecule has 0 radical (unpaired) electrons. The minimum atomic E-state index is -4.27. The van der Waals surface area contributed by atoms with Gasteiger partial charge in [-0.2, -0.15) is 13.2 Å². The van der Waals surface area contributed by atoms with Crippen LogP contribution in [0.2, 0.25) is 0 Å². The summed E-state index contributed by atoms with van der Waals surface area (Å²) in [5.74, 6) is -0.652. The van der Waals surface area contributed by atoms with Crippen LogP contribution in [0, 0.1) is 11.7 Å². The molecule has 5 heterocycles. The lowest BCUT2D eigenvalue weighted by atomic mass is 9.94. The van der Waals surface area contributed by atoms with Gasteiger partial charge in [0.2, 0.25) is 5.91 Å². The molecule has 0 spiro atoms. The van der Waals surface area contributed by atoms with E-state index in [2.05, 4.69) is 15.2 Å². The fourth-order valence-electron chi connectivity index (χ4n) is 5.80. The number of carbonyl (C=O) groups excluding carboxylic acids is 1. The van der Waals surface area contributed by atoms with Crippen molar-refractivity contribution in [3.8, 4) is 0 Å². The molecule has 6 rings (SSSR count). The SMILES string of the molecule is O=C(C1CCN(CC(F)(F)F)CC1)N1Cc2cc(F)cnc2Nc2ccc(N3CC4COCC(C3)O4)cc21. The number of alkyl halides is 3. The molecule has 2 unspecified atom stereocenters. The molecule has 0 aliphatic carbocycles. The van der Waals surface area contributed by atoms with Crippen LogP contribution < -0.4 is 15.1 Å². The molecule has 4 aliphatic rings. The Balaban J connectivity index is 1.29. The molecule has 1 aromatic heterocycles. The van der Waals surface area contributed by atoms with Gasteiger partial charge in [-0.3, -0.25) is 9.69 Å². The molecule has 2 aromatic rings. The summed E-state index contributed by atoms with van der Waals surface area (Å²) in [6.45, 7) is 1.89. The zero-order valence-corrected chi connectivity index (χ0v) is 20.7. The number of anilines is 4. The first-order valence-electron chi connectivity index (χ1n) is 12.9. The second-order valence-corrected chi connectivity index (χ2v) is 10.4. The molecule has 3 fully saturated rings. The zero-order chi connectivity index (χ0) is 26.4. The Hall–Kier alpha value is -2.96. The van der Waals surface area contributed by atoms with Crippen molar-refractivity contribution in [3.05, 3.63) is 41.8 Å². The maximum atomic E-state index is 14.1. The summed E-state index contributed by atoms with van der Waals surface area (Å²) in [6, 6.07) is 7.17. The number of nitrogens with zero attached hydrogens (tertiary/aromatic N) is 4. The van der Waals surface area contributed by atoms with Gasteiger partial charge in [0.15, 0.2) is 0 Å². The first kappa shape index (κ1) is 25.3. The van der Waals surface area contributed by atoms with Crippen molar-refractivity contribution < 1.29 is 31.8 Å². The summed E-state index contributed by atoms with van der Waals surface area (Å²) in [6.07, 6.45) is -2.55. The van der Waals surface area contributed by atoms with Gasteiger partial charge in [0.05, 0.1) is 56.1 Å². The van der Waals surface area contributed by atoms with Gasteiger partial charge in [0.1, 0.15) is 11.6 Å². The van der Waals surface area contributed by atoms with Crippen LogP contribution in [0.3, 0.4) is 0 Å². The lowest BCUT2D eigenvalue weighted by molar-refractivity contribution is -0.149. The fraction of sp³-hybridized carbons (Fsp3) is 0.538. The van der Waals surface area contributed by atoms with E-state index in [1.54, 1.807) is 4.90 Å². The highest BCUT2D eigenvalue weighted by molar-refractivity contribution is 6.00. The molecule has 4 aliphatic heterocycles. The highest BCUT2D eigenvalue weighted by Crippen LogP contribution is 2.40. The average Bonchev–Trinajstić information content (AvgIpc) is 3.03. The number of amides is 1. The van der Waals surface area contributed by atoms with Gasteiger partial charge >= 0.3 is 6.18 Å². The number of benzene rings is 1. The number of morpholine rings is 1. The van der Waals surface area contributed by atoms with E-state index in [-0.39, 0.29) is 37.7 Å². The summed E-state index contributed by atoms with van der Waals surface area (Å²) < 4.78 is 64.3. The summed E-state index contributed by atoms with van der Waals surface area (Å²) in [4.78, 5) is 23.3. The van der Waals surface area contributed by atoms with E-state index < -0.39 is 24.5 Å². The van der Waals surface area contributed by atoms with Crippen LogP contribution in [0.1, 0.15) is 18.4 Å². The van der Waals surface area contributed by atoms with Crippen molar-refractivity contribution in [2.24, 2.45) is 5.92 Å². The number of halogens is 4. The standard InChI is InChI=1S/C26H29F4N5O3/c27-18-7-17-10-35(25(36)16-3-5-33(6-4-16)15-26(28,29)30)23-8-19(1-2-22(23)32-24(17)31-9-18)34-11-20-13-37-14-21(12-34)38-20/h1-2,7-9,16,20-21H,3-6,10-15H2,(H,31,32). The summed E-state index contributed by atoms with van der Waals surface area (Å²) in [7, 11) is 0. The predicted octanol–water partition coefficient (Wildman–Crippen LogP) is 3.69. The number of fused-ring (bicyclic) bond motifs is 4. The van der Waals surface area contributed by atoms with Crippen molar-refractivity contribution >= 4 is 28.8 Å². The van der Waals surface area contributed by atoms with E-state index in [1.807, 2.05) is 18.2 Å². The number of ether oxygens (including phenoxy) is 2. The number of nitrogens with one attached hydrogen (secondary N) is 1. The number of hydrogen-bond acceptors (Lipinski definition) is 7. The van der Waals surface area contributed by atoms with Gasteiger partial charge in [-0.25, -0.2) is 9.37 Å². The smallest absolute Gasteiger partial charge is 0.376 e. The Bertz CT molecular complexity index is 1190. The number of piperidine rings is 1. The van der Waals surface area contributed by atoms with E-state index >= 15 is 0 Å². The Morgan fingerprint density at radius 2 is 1.84 bits per heavy atom. The highest BCUT2D eigenvalue weighted by Gasteiger charge is 2.37. The van der Waals surface area contributed by atoms with Crippen molar-refractivity contribution in [1.82, 2.24) is 9.88 Å². The van der Waals surface area contributed by atoms with Crippen LogP contribution in [0.25, 0.3) is 0 Å². The fourth-order valence-corrected chi connectivity index (χ4v) is 5.80. The number of carbonyl (C=O) groups is 1. The molecular weight excluding hydrogens is 506 g/mol. The molecule has 38 heavy (non-hydrogen) atoms. The van der Waals surface area contributed by atoms with Crippen molar-refractivity contribution in [1.29, 1.82) is 0 Å². The molecule has 1 aromatic carbocycles. The number of pyridine rings is 1. The Kier molecular flexibility index (Phi) is 6.65. The minimum Gasteiger partial charge on any atom is -0.376 e. The quantitative estimate of drug-likeness (QED) is 0.602. The summed E-state index contributed by atoms with van der Waals surface area (Å²) in [5.41, 5.74) is 2.75. The molecule has 204 valence electrons. The summed E-state index contributed by atoms with van der Waals surface area (Å²) in [5, 5.41) is 3.25. The first-order chi connectivity index (χ1) is 18.2. The molecule has 3 saturated heterocycles. The highest BCUT2D eigenvalue weighted by atomic mass is 19.4. The molecular formula is C26H29F4N5O3. The third-order valence-electron chi connectivity index (χ3n) is 7.60. The van der Waals surface area contributed by atoms with Gasteiger partial charge in [-0.05, 0) is 50.2 Å². The van der Waals surface area contributed by atoms with Crippen molar-refractivity contribution in [2.75, 3.05) is 61.1 Å². The van der Waals surface area contributed by atoms with Crippen molar-refractivity contribution in [2.45, 2.75) is 37.8 Å². The maximum absolute atomic E-state index is 14.1. The van der Waals surface area contributed by atoms with Gasteiger partial charge in [-0.1, -0.05) is 0 Å². The second-order valence-electron chi connectivity index (χ2n) is 10.4. The molecule has 12 heteroatoms. The molecule has 1 N–H and O–H groups in total. The molecule has 0 saturated carbocycles. The van der Waals surface area contributed by atoms with Crippen LogP contribution in [-0.4, -0.2) is 80.1 Å². The van der Waals surface area contributed by atoms with E-state index in [4.69, 9.17) is 9.47 Å². The number of aromatic nitrogens is 1. The van der Waals surface area contributed by atoms with Crippen LogP contribution in [-0.2, 0) is 20.8 Å². The lowest BCUT2D eigenvalue weighted by Crippen LogP contribution is -2.54. The van der Waals surface area contributed by atoms with Crippen LogP contribution in [0.4, 0.5) is 40.4 Å². The minimum absolute atomic E-state index is 0.0320. The zero-order valence-electron chi connectivity index (χ0n) is 20.7. The third kappa shape index (κ3) is 5.29. The van der Waals surface area contributed by atoms with Crippen LogP contribution >= 0.6 is 0 Å². The Labute approximate surface area is 217 Å². The number of hydrogen-bond donors (Lipinski definition) is 1. The van der Waals surface area contributed by atoms with E-state index in [9.17, 15) is 22.4 Å². The second kappa shape index (κ2) is 9.97. The van der Waals surface area contributed by atoms with E-state index in [0.717, 1.165) is 11.9 Å². The largest absolute Gasteiger partial charge is 0.401 e. The third-order valence-corrected chi connectivity index (χ3v) is 7.60. The molecule has 2 atom stereocenters. The van der Waals surface area contributed by atoms with Crippen molar-refractivity contribution in [3.63, 3.8) is 0 Å². The Morgan fingerprint density at radius 1 is 1.11 bits per heavy atom. The molecule has 1 amide bonds. The van der Waals surface area contributed by atoms with Gasteiger partial charge in [-0.15, -0.1) is 0 Å².